The molecule has 2 aliphatic carbocycles. The summed E-state index contributed by atoms with van der Waals surface area (Å²) in [6.07, 6.45) is 0. The zero-order valence-corrected chi connectivity index (χ0v) is 7.57. The van der Waals surface area contributed by atoms with Crippen molar-refractivity contribution in [3.05, 3.63) is 0 Å². The molecule has 1 spiro atoms. The van der Waals surface area contributed by atoms with Crippen LogP contribution in [0.4, 0.5) is 0 Å². The number of ether oxygens (including phenoxy) is 1. The molecule has 0 bridgehead atoms. The fourth-order valence-electron chi connectivity index (χ4n) is 3.35. The summed E-state index contributed by atoms with van der Waals surface area (Å²) in [6.45, 7) is 4.85. The Hall–Kier alpha value is -1.06. The Morgan fingerprint density at radius 1 is 1.62 bits per heavy atom. The number of hydrogen-bond acceptors (Lipinski definition) is 4. The lowest BCUT2D eigenvalue weighted by Crippen LogP contribution is -2.38. The van der Waals surface area contributed by atoms with Gasteiger partial charge in [0.2, 0.25) is 0 Å². The molecule has 0 aromatic heterocycles. The third-order valence-electron chi connectivity index (χ3n) is 4.28. The van der Waals surface area contributed by atoms with Gasteiger partial charge in [-0.05, 0) is 11.3 Å². The van der Waals surface area contributed by atoms with Gasteiger partial charge >= 0.3 is 5.97 Å². The molecule has 3 atom stereocenters. The molecule has 3 fully saturated rings. The van der Waals surface area contributed by atoms with Crippen LogP contribution in [0.15, 0.2) is 5.16 Å². The van der Waals surface area contributed by atoms with Gasteiger partial charge in [-0.2, -0.15) is 0 Å². The fourth-order valence-corrected chi connectivity index (χ4v) is 3.35. The number of cyclic esters (lactones) is 1. The monoisotopic (exact) mass is 181 g/mol. The first kappa shape index (κ1) is 7.35. The van der Waals surface area contributed by atoms with E-state index >= 15 is 0 Å². The molecular formula is C9H11NO3. The quantitative estimate of drug-likeness (QED) is 0.339. The van der Waals surface area contributed by atoms with Gasteiger partial charge in [0.25, 0.3) is 0 Å². The SMILES string of the molecule is CC1(C)C2[C@@H]3/C(=N\O)C(=O)OCC231. The third-order valence-corrected chi connectivity index (χ3v) is 4.28. The standard InChI is InChI=1S/C9H11NO3/c1-8(2)6-4-5(10-12)7(11)13-3-9(4,6)8/h4,6,12H,3H2,1-2H3/b10-5+/t4-,6?,9?/m0/s1. The van der Waals surface area contributed by atoms with Crippen molar-refractivity contribution in [3.63, 3.8) is 0 Å². The Morgan fingerprint density at radius 2 is 2.31 bits per heavy atom. The highest BCUT2D eigenvalue weighted by Gasteiger charge is 2.94. The van der Waals surface area contributed by atoms with Crippen LogP contribution < -0.4 is 0 Å². The van der Waals surface area contributed by atoms with Crippen LogP contribution in [-0.2, 0) is 9.53 Å². The molecule has 4 heteroatoms. The van der Waals surface area contributed by atoms with Crippen molar-refractivity contribution in [3.8, 4) is 0 Å². The lowest BCUT2D eigenvalue weighted by molar-refractivity contribution is -0.139. The fraction of sp³-hybridized carbons (Fsp3) is 0.778. The second-order valence-electron chi connectivity index (χ2n) is 4.78. The van der Waals surface area contributed by atoms with Gasteiger partial charge in [-0.3, -0.25) is 0 Å². The molecule has 1 N–H and O–H groups in total. The number of nitrogens with zero attached hydrogens (tertiary/aromatic N) is 1. The highest BCUT2D eigenvalue weighted by Crippen LogP contribution is 2.92. The van der Waals surface area contributed by atoms with E-state index in [1.165, 1.54) is 0 Å². The van der Waals surface area contributed by atoms with Crippen LogP contribution >= 0.6 is 0 Å². The van der Waals surface area contributed by atoms with Crippen molar-refractivity contribution in [1.29, 1.82) is 0 Å². The summed E-state index contributed by atoms with van der Waals surface area (Å²) in [5.41, 5.74) is 0.632. The minimum Gasteiger partial charge on any atom is -0.460 e. The summed E-state index contributed by atoms with van der Waals surface area (Å²) in [7, 11) is 0. The lowest BCUT2D eigenvalue weighted by Gasteiger charge is -2.28. The zero-order valence-electron chi connectivity index (χ0n) is 7.57. The number of esters is 1. The smallest absolute Gasteiger partial charge is 0.356 e. The van der Waals surface area contributed by atoms with Crippen LogP contribution in [0.25, 0.3) is 0 Å². The Bertz CT molecular complexity index is 347. The van der Waals surface area contributed by atoms with Gasteiger partial charge in [0.15, 0.2) is 5.71 Å². The normalized spacial score (nSPS) is 52.2. The van der Waals surface area contributed by atoms with Crippen LogP contribution in [0.3, 0.4) is 0 Å². The van der Waals surface area contributed by atoms with E-state index in [4.69, 9.17) is 9.94 Å². The molecule has 0 amide bonds. The van der Waals surface area contributed by atoms with Crippen molar-refractivity contribution >= 4 is 11.7 Å². The molecule has 3 rings (SSSR count). The summed E-state index contributed by atoms with van der Waals surface area (Å²) in [5, 5.41) is 11.7. The molecule has 3 aliphatic rings. The van der Waals surface area contributed by atoms with Crippen LogP contribution in [-0.4, -0.2) is 23.5 Å². The molecule has 0 aromatic rings. The van der Waals surface area contributed by atoms with Crippen LogP contribution in [0, 0.1) is 22.7 Å². The van der Waals surface area contributed by atoms with Gasteiger partial charge in [-0.15, -0.1) is 0 Å². The summed E-state index contributed by atoms with van der Waals surface area (Å²) in [6, 6.07) is 0. The van der Waals surface area contributed by atoms with Gasteiger partial charge in [-0.25, -0.2) is 4.79 Å². The van der Waals surface area contributed by atoms with Crippen LogP contribution in [0.5, 0.6) is 0 Å². The van der Waals surface area contributed by atoms with E-state index in [1.807, 2.05) is 0 Å². The number of carbonyl (C=O) groups excluding carboxylic acids is 1. The van der Waals surface area contributed by atoms with E-state index in [2.05, 4.69) is 19.0 Å². The second-order valence-corrected chi connectivity index (χ2v) is 4.78. The van der Waals surface area contributed by atoms with Crippen molar-refractivity contribution in [2.75, 3.05) is 6.61 Å². The molecule has 1 saturated heterocycles. The molecule has 0 aromatic carbocycles. The van der Waals surface area contributed by atoms with E-state index in [-0.39, 0.29) is 22.5 Å². The van der Waals surface area contributed by atoms with Crippen molar-refractivity contribution in [2.45, 2.75) is 13.8 Å². The molecular weight excluding hydrogens is 170 g/mol. The predicted octanol–water partition coefficient (Wildman–Crippen LogP) is 0.646. The zero-order chi connectivity index (χ0) is 9.43. The molecule has 70 valence electrons. The van der Waals surface area contributed by atoms with Crippen molar-refractivity contribution in [1.82, 2.24) is 0 Å². The maximum atomic E-state index is 11.1. The van der Waals surface area contributed by atoms with E-state index in [9.17, 15) is 4.79 Å². The summed E-state index contributed by atoms with van der Waals surface area (Å²) in [4.78, 5) is 11.1. The third kappa shape index (κ3) is 0.497. The van der Waals surface area contributed by atoms with Crippen LogP contribution in [0.1, 0.15) is 13.8 Å². The summed E-state index contributed by atoms with van der Waals surface area (Å²) in [5.74, 6) is 0.229. The number of rotatable bonds is 0. The number of fused-ring (bicyclic) bond motifs is 1. The molecule has 13 heavy (non-hydrogen) atoms. The largest absolute Gasteiger partial charge is 0.460 e. The van der Waals surface area contributed by atoms with E-state index in [0.29, 0.717) is 12.5 Å². The van der Waals surface area contributed by atoms with E-state index in [1.54, 1.807) is 0 Å². The number of oxime groups is 1. The highest BCUT2D eigenvalue weighted by molar-refractivity contribution is 6.39. The Labute approximate surface area is 75.6 Å². The van der Waals surface area contributed by atoms with Gasteiger partial charge < -0.3 is 9.94 Å². The molecule has 4 nitrogen and oxygen atoms in total. The maximum absolute atomic E-state index is 11.1. The summed E-state index contributed by atoms with van der Waals surface area (Å²) < 4.78 is 4.99. The van der Waals surface area contributed by atoms with Crippen LogP contribution in [0.2, 0.25) is 0 Å². The number of hydrogen-bond donors (Lipinski definition) is 1. The molecule has 2 saturated carbocycles. The Balaban J connectivity index is 1.95. The highest BCUT2D eigenvalue weighted by atomic mass is 16.5. The first-order chi connectivity index (χ1) is 6.07. The molecule has 0 radical (unpaired) electrons. The van der Waals surface area contributed by atoms with E-state index in [0.717, 1.165) is 0 Å². The minimum absolute atomic E-state index is 0.127. The topological polar surface area (TPSA) is 58.9 Å². The second kappa shape index (κ2) is 1.61. The maximum Gasteiger partial charge on any atom is 0.356 e. The molecule has 2 unspecified atom stereocenters. The van der Waals surface area contributed by atoms with Crippen molar-refractivity contribution < 1.29 is 14.7 Å². The first-order valence-electron chi connectivity index (χ1n) is 4.46. The first-order valence-corrected chi connectivity index (χ1v) is 4.46. The average molecular weight is 181 g/mol. The minimum atomic E-state index is -0.443. The Kier molecular flexibility index (Phi) is 0.909. The lowest BCUT2D eigenvalue weighted by atomic mass is 9.82. The molecule has 1 aliphatic heterocycles. The van der Waals surface area contributed by atoms with Gasteiger partial charge in [0, 0.05) is 11.3 Å². The van der Waals surface area contributed by atoms with E-state index < -0.39 is 5.97 Å². The Morgan fingerprint density at radius 3 is 2.85 bits per heavy atom. The summed E-state index contributed by atoms with van der Waals surface area (Å²) >= 11 is 0. The molecule has 1 heterocycles. The van der Waals surface area contributed by atoms with Gasteiger partial charge in [0.05, 0.1) is 6.61 Å². The van der Waals surface area contributed by atoms with Gasteiger partial charge in [0.1, 0.15) is 0 Å². The predicted molar refractivity (Wildman–Crippen MR) is 43.4 cm³/mol. The number of carbonyl (C=O) groups is 1. The van der Waals surface area contributed by atoms with Crippen molar-refractivity contribution in [2.24, 2.45) is 27.8 Å². The van der Waals surface area contributed by atoms with Gasteiger partial charge in [-0.1, -0.05) is 19.0 Å². The average Bonchev–Trinajstić information content (AvgIpc) is 2.88.